The van der Waals surface area contributed by atoms with Crippen LogP contribution in [0.5, 0.6) is 0 Å². The van der Waals surface area contributed by atoms with Crippen LogP contribution < -0.4 is 5.73 Å². The van der Waals surface area contributed by atoms with E-state index in [1.807, 2.05) is 6.07 Å². The molecule has 1 nitrogen and oxygen atoms in total. The molecule has 0 aliphatic heterocycles. The lowest BCUT2D eigenvalue weighted by atomic mass is 9.84. The maximum absolute atomic E-state index is 6.52. The summed E-state index contributed by atoms with van der Waals surface area (Å²) in [6.45, 7) is 6.67. The zero-order valence-corrected chi connectivity index (χ0v) is 11.8. The summed E-state index contributed by atoms with van der Waals surface area (Å²) in [4.78, 5) is 0. The lowest BCUT2D eigenvalue weighted by Crippen LogP contribution is -2.40. The second-order valence-electron chi connectivity index (χ2n) is 6.48. The van der Waals surface area contributed by atoms with Gasteiger partial charge in [0.25, 0.3) is 0 Å². The molecule has 1 atom stereocenters. The maximum atomic E-state index is 6.52. The molecule has 0 aromatic heterocycles. The van der Waals surface area contributed by atoms with Crippen molar-refractivity contribution in [2.24, 2.45) is 11.1 Å². The van der Waals surface area contributed by atoms with E-state index < -0.39 is 0 Å². The standard InChI is InChI=1S/C15H22ClN/c1-11-4-5-12(13(16)8-11)9-15(17)7-6-14(2,3)10-15/h4-5,8H,6-7,9-10,17H2,1-3H3. The Hall–Kier alpha value is -0.530. The Balaban J connectivity index is 2.16. The lowest BCUT2D eigenvalue weighted by molar-refractivity contribution is 0.334. The van der Waals surface area contributed by atoms with E-state index in [0.717, 1.165) is 24.3 Å². The van der Waals surface area contributed by atoms with Gasteiger partial charge in [0.05, 0.1) is 0 Å². The highest BCUT2D eigenvalue weighted by atomic mass is 35.5. The molecule has 1 aliphatic carbocycles. The smallest absolute Gasteiger partial charge is 0.0441 e. The Morgan fingerprint density at radius 1 is 1.29 bits per heavy atom. The molecule has 1 fully saturated rings. The van der Waals surface area contributed by atoms with Crippen LogP contribution in [0, 0.1) is 12.3 Å². The van der Waals surface area contributed by atoms with Crippen molar-refractivity contribution in [2.75, 3.05) is 0 Å². The van der Waals surface area contributed by atoms with Gasteiger partial charge in [-0.2, -0.15) is 0 Å². The van der Waals surface area contributed by atoms with Crippen molar-refractivity contribution in [3.63, 3.8) is 0 Å². The van der Waals surface area contributed by atoms with Gasteiger partial charge in [-0.3, -0.25) is 0 Å². The minimum Gasteiger partial charge on any atom is -0.325 e. The topological polar surface area (TPSA) is 26.0 Å². The molecule has 2 heteroatoms. The fourth-order valence-electron chi connectivity index (χ4n) is 3.04. The average Bonchev–Trinajstić information content (AvgIpc) is 2.46. The number of benzene rings is 1. The molecule has 0 spiro atoms. The molecule has 94 valence electrons. The SMILES string of the molecule is Cc1ccc(CC2(N)CCC(C)(C)C2)c(Cl)c1. The number of halogens is 1. The molecule has 2 N–H and O–H groups in total. The molecule has 1 aliphatic rings. The Kier molecular flexibility index (Phi) is 3.26. The zero-order valence-electron chi connectivity index (χ0n) is 11.0. The number of aryl methyl sites for hydroxylation is 1. The Labute approximate surface area is 109 Å². The monoisotopic (exact) mass is 251 g/mol. The van der Waals surface area contributed by atoms with Crippen LogP contribution in [0.2, 0.25) is 5.02 Å². The number of hydrogen-bond acceptors (Lipinski definition) is 1. The minimum absolute atomic E-state index is 0.0671. The summed E-state index contributed by atoms with van der Waals surface area (Å²) in [5, 5.41) is 0.861. The largest absolute Gasteiger partial charge is 0.325 e. The van der Waals surface area contributed by atoms with Crippen LogP contribution in [0.1, 0.15) is 44.2 Å². The summed E-state index contributed by atoms with van der Waals surface area (Å²) in [6, 6.07) is 6.27. The molecule has 0 radical (unpaired) electrons. The van der Waals surface area contributed by atoms with Gasteiger partial charge in [0.1, 0.15) is 0 Å². The van der Waals surface area contributed by atoms with E-state index in [-0.39, 0.29) is 5.54 Å². The van der Waals surface area contributed by atoms with Crippen molar-refractivity contribution in [1.29, 1.82) is 0 Å². The molecule has 0 saturated heterocycles. The molecule has 0 heterocycles. The van der Waals surface area contributed by atoms with Crippen molar-refractivity contribution in [2.45, 2.75) is 52.0 Å². The molecule has 2 rings (SSSR count). The van der Waals surface area contributed by atoms with Crippen molar-refractivity contribution in [3.8, 4) is 0 Å². The van der Waals surface area contributed by atoms with Gasteiger partial charge in [-0.1, -0.05) is 37.6 Å². The highest BCUT2D eigenvalue weighted by Crippen LogP contribution is 2.44. The van der Waals surface area contributed by atoms with Crippen LogP contribution >= 0.6 is 11.6 Å². The van der Waals surface area contributed by atoms with E-state index in [1.54, 1.807) is 0 Å². The van der Waals surface area contributed by atoms with Gasteiger partial charge >= 0.3 is 0 Å². The van der Waals surface area contributed by atoms with Gasteiger partial charge in [0.2, 0.25) is 0 Å². The third-order valence-electron chi connectivity index (χ3n) is 3.88. The predicted molar refractivity (Wildman–Crippen MR) is 74.4 cm³/mol. The molecule has 1 aromatic carbocycles. The van der Waals surface area contributed by atoms with Crippen molar-refractivity contribution < 1.29 is 0 Å². The molecular weight excluding hydrogens is 230 g/mol. The lowest BCUT2D eigenvalue weighted by Gasteiger charge is -2.27. The van der Waals surface area contributed by atoms with E-state index >= 15 is 0 Å². The van der Waals surface area contributed by atoms with Crippen molar-refractivity contribution in [3.05, 3.63) is 34.3 Å². The summed E-state index contributed by atoms with van der Waals surface area (Å²) < 4.78 is 0. The highest BCUT2D eigenvalue weighted by molar-refractivity contribution is 6.31. The third-order valence-corrected chi connectivity index (χ3v) is 4.23. The number of hydrogen-bond donors (Lipinski definition) is 1. The molecule has 1 aromatic rings. The zero-order chi connectivity index (χ0) is 12.7. The van der Waals surface area contributed by atoms with Gasteiger partial charge in [-0.15, -0.1) is 0 Å². The number of nitrogens with two attached hydrogens (primary N) is 1. The molecule has 17 heavy (non-hydrogen) atoms. The van der Waals surface area contributed by atoms with E-state index in [2.05, 4.69) is 32.9 Å². The first-order valence-corrected chi connectivity index (χ1v) is 6.71. The summed E-state index contributed by atoms with van der Waals surface area (Å²) in [5.41, 5.74) is 9.23. The molecule has 1 saturated carbocycles. The predicted octanol–water partition coefficient (Wildman–Crippen LogP) is 4.10. The van der Waals surface area contributed by atoms with E-state index in [1.165, 1.54) is 17.5 Å². The van der Waals surface area contributed by atoms with Crippen LogP contribution in [0.3, 0.4) is 0 Å². The first-order chi connectivity index (χ1) is 7.80. The second kappa shape index (κ2) is 4.29. The Morgan fingerprint density at radius 3 is 2.53 bits per heavy atom. The second-order valence-corrected chi connectivity index (χ2v) is 6.88. The molecule has 0 bridgehead atoms. The fourth-order valence-corrected chi connectivity index (χ4v) is 3.34. The molecule has 0 amide bonds. The van der Waals surface area contributed by atoms with Gasteiger partial charge in [-0.25, -0.2) is 0 Å². The number of rotatable bonds is 2. The summed E-state index contributed by atoms with van der Waals surface area (Å²) in [6.07, 6.45) is 4.30. The third kappa shape index (κ3) is 3.02. The van der Waals surface area contributed by atoms with E-state index in [4.69, 9.17) is 17.3 Å². The van der Waals surface area contributed by atoms with Crippen LogP contribution in [0.4, 0.5) is 0 Å². The van der Waals surface area contributed by atoms with Gasteiger partial charge < -0.3 is 5.73 Å². The van der Waals surface area contributed by atoms with E-state index in [0.29, 0.717) is 5.41 Å². The molecule has 1 unspecified atom stereocenters. The average molecular weight is 252 g/mol. The highest BCUT2D eigenvalue weighted by Gasteiger charge is 2.40. The minimum atomic E-state index is -0.0671. The van der Waals surface area contributed by atoms with Crippen molar-refractivity contribution in [1.82, 2.24) is 0 Å². The van der Waals surface area contributed by atoms with Crippen LogP contribution in [0.15, 0.2) is 18.2 Å². The first-order valence-electron chi connectivity index (χ1n) is 6.34. The first kappa shape index (κ1) is 12.9. The fraction of sp³-hybridized carbons (Fsp3) is 0.600. The van der Waals surface area contributed by atoms with Gasteiger partial charge in [0.15, 0.2) is 0 Å². The van der Waals surface area contributed by atoms with Crippen LogP contribution in [0.25, 0.3) is 0 Å². The molecular formula is C15H22ClN. The quantitative estimate of drug-likeness (QED) is 0.842. The summed E-state index contributed by atoms with van der Waals surface area (Å²) in [5.74, 6) is 0. The van der Waals surface area contributed by atoms with Gasteiger partial charge in [-0.05, 0) is 55.2 Å². The Bertz CT molecular complexity index is 425. The van der Waals surface area contributed by atoms with Crippen molar-refractivity contribution >= 4 is 11.6 Å². The summed E-state index contributed by atoms with van der Waals surface area (Å²) in [7, 11) is 0. The van der Waals surface area contributed by atoms with Crippen LogP contribution in [-0.2, 0) is 6.42 Å². The summed E-state index contributed by atoms with van der Waals surface area (Å²) >= 11 is 6.29. The normalized spacial score (nSPS) is 27.4. The Morgan fingerprint density at radius 2 is 2.00 bits per heavy atom. The maximum Gasteiger partial charge on any atom is 0.0441 e. The van der Waals surface area contributed by atoms with Crippen LogP contribution in [-0.4, -0.2) is 5.54 Å². The van der Waals surface area contributed by atoms with E-state index in [9.17, 15) is 0 Å². The van der Waals surface area contributed by atoms with Gasteiger partial charge in [0, 0.05) is 10.6 Å².